The summed E-state index contributed by atoms with van der Waals surface area (Å²) in [6, 6.07) is 18.4. The topological polar surface area (TPSA) is 34.9 Å². The first-order valence-corrected chi connectivity index (χ1v) is 9.94. The van der Waals surface area contributed by atoms with Gasteiger partial charge in [0, 0.05) is 17.5 Å². The molecule has 3 heterocycles. The Balaban J connectivity index is 1.69. The number of hydrogen-bond donors (Lipinski definition) is 0. The molecule has 27 heavy (non-hydrogen) atoms. The van der Waals surface area contributed by atoms with Crippen molar-refractivity contribution in [1.29, 1.82) is 0 Å². The molecule has 0 aliphatic carbocycles. The molecule has 2 aromatic heterocycles. The standard InChI is InChI=1S/C23H18N2OS/c1-15-7-5-6-10-17(15)13-18-11-12-25-21(18)24-22-20(23(25)26)19(14-27-22)16-8-3-2-4-9-16/h2-10,13-14H,11-12H2,1H3/b18-13+. The number of rotatable bonds is 2. The highest BCUT2D eigenvalue weighted by molar-refractivity contribution is 7.17. The van der Waals surface area contributed by atoms with Crippen LogP contribution in [0.4, 0.5) is 0 Å². The first-order chi connectivity index (χ1) is 13.2. The molecule has 4 heteroatoms. The highest BCUT2D eigenvalue weighted by Crippen LogP contribution is 2.34. The number of hydrogen-bond acceptors (Lipinski definition) is 3. The monoisotopic (exact) mass is 370 g/mol. The zero-order valence-electron chi connectivity index (χ0n) is 15.0. The summed E-state index contributed by atoms with van der Waals surface area (Å²) in [7, 11) is 0. The maximum absolute atomic E-state index is 13.2. The lowest BCUT2D eigenvalue weighted by Crippen LogP contribution is -2.20. The van der Waals surface area contributed by atoms with Crippen LogP contribution < -0.4 is 5.56 Å². The second-order valence-electron chi connectivity index (χ2n) is 6.86. The van der Waals surface area contributed by atoms with E-state index in [0.29, 0.717) is 6.54 Å². The molecule has 0 fully saturated rings. The highest BCUT2D eigenvalue weighted by atomic mass is 32.1. The van der Waals surface area contributed by atoms with Gasteiger partial charge in [0.15, 0.2) is 0 Å². The molecule has 2 aromatic carbocycles. The van der Waals surface area contributed by atoms with E-state index < -0.39 is 0 Å². The molecule has 0 N–H and O–H groups in total. The predicted molar refractivity (Wildman–Crippen MR) is 113 cm³/mol. The van der Waals surface area contributed by atoms with Crippen LogP contribution in [0.2, 0.25) is 0 Å². The van der Waals surface area contributed by atoms with Gasteiger partial charge < -0.3 is 0 Å². The molecule has 0 spiro atoms. The van der Waals surface area contributed by atoms with Crippen molar-refractivity contribution < 1.29 is 0 Å². The van der Waals surface area contributed by atoms with Crippen LogP contribution in [0.1, 0.15) is 23.4 Å². The van der Waals surface area contributed by atoms with Gasteiger partial charge in [-0.3, -0.25) is 9.36 Å². The third-order valence-electron chi connectivity index (χ3n) is 5.19. The molecule has 0 unspecified atom stereocenters. The van der Waals surface area contributed by atoms with Crippen molar-refractivity contribution in [3.63, 3.8) is 0 Å². The Kier molecular flexibility index (Phi) is 3.80. The van der Waals surface area contributed by atoms with Crippen LogP contribution in [-0.4, -0.2) is 9.55 Å². The minimum atomic E-state index is 0.0725. The number of benzene rings is 2. The molecule has 5 rings (SSSR count). The van der Waals surface area contributed by atoms with Crippen LogP contribution in [-0.2, 0) is 6.54 Å². The fourth-order valence-electron chi connectivity index (χ4n) is 3.72. The molecule has 0 bridgehead atoms. The van der Waals surface area contributed by atoms with Crippen molar-refractivity contribution >= 4 is 33.2 Å². The van der Waals surface area contributed by atoms with Crippen molar-refractivity contribution in [1.82, 2.24) is 9.55 Å². The molecule has 0 atom stereocenters. The summed E-state index contributed by atoms with van der Waals surface area (Å²) in [6.07, 6.45) is 3.02. The smallest absolute Gasteiger partial charge is 0.263 e. The average Bonchev–Trinajstić information content (AvgIpc) is 3.30. The lowest BCUT2D eigenvalue weighted by Gasteiger charge is -2.05. The van der Waals surface area contributed by atoms with Crippen LogP contribution in [0.5, 0.6) is 0 Å². The second-order valence-corrected chi connectivity index (χ2v) is 7.72. The van der Waals surface area contributed by atoms with E-state index in [1.54, 1.807) is 11.3 Å². The van der Waals surface area contributed by atoms with Crippen LogP contribution >= 0.6 is 11.3 Å². The first kappa shape index (κ1) is 16.2. The minimum absolute atomic E-state index is 0.0725. The maximum atomic E-state index is 13.2. The minimum Gasteiger partial charge on any atom is -0.292 e. The van der Waals surface area contributed by atoms with Crippen molar-refractivity contribution in [3.8, 4) is 11.1 Å². The first-order valence-electron chi connectivity index (χ1n) is 9.06. The Hall–Kier alpha value is -2.98. The van der Waals surface area contributed by atoms with E-state index in [2.05, 4.69) is 30.5 Å². The zero-order chi connectivity index (χ0) is 18.4. The van der Waals surface area contributed by atoms with Crippen LogP contribution in [0.25, 0.3) is 33.0 Å². The van der Waals surface area contributed by atoms with Gasteiger partial charge in [-0.1, -0.05) is 54.6 Å². The number of aryl methyl sites for hydroxylation is 1. The lowest BCUT2D eigenvalue weighted by atomic mass is 10.0. The van der Waals surface area contributed by atoms with Crippen molar-refractivity contribution in [3.05, 3.63) is 87.3 Å². The fraction of sp³-hybridized carbons (Fsp3) is 0.130. The molecule has 0 saturated heterocycles. The van der Waals surface area contributed by atoms with Gasteiger partial charge in [0.25, 0.3) is 5.56 Å². The van der Waals surface area contributed by atoms with Gasteiger partial charge in [-0.25, -0.2) is 4.98 Å². The Morgan fingerprint density at radius 3 is 2.67 bits per heavy atom. The molecular formula is C23H18N2OS. The van der Waals surface area contributed by atoms with Crippen LogP contribution in [0.15, 0.2) is 64.8 Å². The summed E-state index contributed by atoms with van der Waals surface area (Å²) in [5.41, 5.74) is 5.68. The quantitative estimate of drug-likeness (QED) is 0.475. The number of thiophene rings is 1. The zero-order valence-corrected chi connectivity index (χ0v) is 15.8. The van der Waals surface area contributed by atoms with Gasteiger partial charge in [0.05, 0.1) is 5.39 Å². The SMILES string of the molecule is Cc1ccccc1/C=C1\CCn2c1nc1scc(-c3ccccc3)c1c2=O. The third kappa shape index (κ3) is 2.64. The third-order valence-corrected chi connectivity index (χ3v) is 6.06. The van der Waals surface area contributed by atoms with Crippen LogP contribution in [0, 0.1) is 6.92 Å². The average molecular weight is 370 g/mol. The van der Waals surface area contributed by atoms with E-state index in [1.165, 1.54) is 11.1 Å². The normalized spacial score (nSPS) is 14.8. The van der Waals surface area contributed by atoms with E-state index in [1.807, 2.05) is 47.0 Å². The Morgan fingerprint density at radius 1 is 1.07 bits per heavy atom. The summed E-state index contributed by atoms with van der Waals surface area (Å²) >= 11 is 1.55. The highest BCUT2D eigenvalue weighted by Gasteiger charge is 2.23. The molecule has 0 saturated carbocycles. The molecule has 0 amide bonds. The summed E-state index contributed by atoms with van der Waals surface area (Å²) < 4.78 is 1.84. The largest absolute Gasteiger partial charge is 0.292 e. The van der Waals surface area contributed by atoms with Crippen molar-refractivity contribution in [2.45, 2.75) is 19.9 Å². The Bertz CT molecular complexity index is 1250. The predicted octanol–water partition coefficient (Wildman–Crippen LogP) is 5.38. The Morgan fingerprint density at radius 2 is 1.85 bits per heavy atom. The maximum Gasteiger partial charge on any atom is 0.263 e. The molecule has 0 radical (unpaired) electrons. The summed E-state index contributed by atoms with van der Waals surface area (Å²) in [4.78, 5) is 18.9. The molecule has 1 aliphatic rings. The fourth-order valence-corrected chi connectivity index (χ4v) is 4.66. The van der Waals surface area contributed by atoms with Gasteiger partial charge in [0.2, 0.25) is 0 Å². The molecule has 132 valence electrons. The van der Waals surface area contributed by atoms with Crippen LogP contribution in [0.3, 0.4) is 0 Å². The molecule has 1 aliphatic heterocycles. The number of allylic oxidation sites excluding steroid dienone is 1. The lowest BCUT2D eigenvalue weighted by molar-refractivity contribution is 0.726. The van der Waals surface area contributed by atoms with E-state index in [0.717, 1.165) is 39.2 Å². The summed E-state index contributed by atoms with van der Waals surface area (Å²) in [5.74, 6) is 0.817. The van der Waals surface area contributed by atoms with Gasteiger partial charge in [-0.05, 0) is 41.7 Å². The van der Waals surface area contributed by atoms with Crippen molar-refractivity contribution in [2.24, 2.45) is 0 Å². The van der Waals surface area contributed by atoms with Gasteiger partial charge >= 0.3 is 0 Å². The summed E-state index contributed by atoms with van der Waals surface area (Å²) in [6.45, 7) is 2.80. The molecule has 4 aromatic rings. The van der Waals surface area contributed by atoms with Gasteiger partial charge in [-0.15, -0.1) is 11.3 Å². The van der Waals surface area contributed by atoms with Crippen molar-refractivity contribution in [2.75, 3.05) is 0 Å². The van der Waals surface area contributed by atoms with E-state index in [-0.39, 0.29) is 5.56 Å². The van der Waals surface area contributed by atoms with E-state index in [4.69, 9.17) is 4.98 Å². The molecule has 3 nitrogen and oxygen atoms in total. The second kappa shape index (κ2) is 6.32. The van der Waals surface area contributed by atoms with E-state index >= 15 is 0 Å². The van der Waals surface area contributed by atoms with Gasteiger partial charge in [0.1, 0.15) is 10.7 Å². The van der Waals surface area contributed by atoms with Gasteiger partial charge in [-0.2, -0.15) is 0 Å². The Labute approximate surface area is 161 Å². The van der Waals surface area contributed by atoms with E-state index in [9.17, 15) is 4.79 Å². The number of aromatic nitrogens is 2. The molecular weight excluding hydrogens is 352 g/mol. The number of nitrogens with zero attached hydrogens (tertiary/aromatic N) is 2. The number of fused-ring (bicyclic) bond motifs is 2. The summed E-state index contributed by atoms with van der Waals surface area (Å²) in [5, 5.41) is 2.79.